The number of azide groups is 1. The lowest BCUT2D eigenvalue weighted by atomic mass is 10.1. The van der Waals surface area contributed by atoms with E-state index in [0.29, 0.717) is 11.1 Å². The van der Waals surface area contributed by atoms with Gasteiger partial charge in [-0.3, -0.25) is 0 Å². The first-order chi connectivity index (χ1) is 8.21. The maximum absolute atomic E-state index is 11.2. The lowest BCUT2D eigenvalue weighted by Gasteiger charge is -1.98. The van der Waals surface area contributed by atoms with Crippen LogP contribution in [0.5, 0.6) is 0 Å². The van der Waals surface area contributed by atoms with E-state index in [-0.39, 0.29) is 5.70 Å². The Morgan fingerprint density at radius 1 is 1.53 bits per heavy atom. The summed E-state index contributed by atoms with van der Waals surface area (Å²) >= 11 is 0. The number of nitriles is 1. The van der Waals surface area contributed by atoms with Crippen molar-refractivity contribution in [1.82, 2.24) is 0 Å². The Kier molecular flexibility index (Phi) is 4.31. The molecule has 0 aliphatic rings. The number of nitrogens with zero attached hydrogens (tertiary/aromatic N) is 4. The monoisotopic (exact) mass is 228 g/mol. The van der Waals surface area contributed by atoms with E-state index in [1.54, 1.807) is 24.3 Å². The van der Waals surface area contributed by atoms with Gasteiger partial charge in [0, 0.05) is 4.91 Å². The highest BCUT2D eigenvalue weighted by molar-refractivity contribution is 5.93. The van der Waals surface area contributed by atoms with E-state index in [9.17, 15) is 4.79 Å². The van der Waals surface area contributed by atoms with Gasteiger partial charge in [-0.25, -0.2) is 4.79 Å². The first-order valence-corrected chi connectivity index (χ1v) is 4.56. The highest BCUT2D eigenvalue weighted by Gasteiger charge is 2.06. The minimum atomic E-state index is -0.716. The highest BCUT2D eigenvalue weighted by atomic mass is 16.5. The van der Waals surface area contributed by atoms with Crippen molar-refractivity contribution >= 4 is 12.0 Å². The van der Waals surface area contributed by atoms with Gasteiger partial charge in [-0.15, -0.1) is 0 Å². The van der Waals surface area contributed by atoms with Crippen LogP contribution in [0.1, 0.15) is 11.1 Å². The molecule has 84 valence electrons. The minimum absolute atomic E-state index is 0.139. The number of carbonyl (C=O) groups excluding carboxylic acids is 1. The number of benzene rings is 1. The molecule has 0 aliphatic carbocycles. The molecule has 0 aliphatic heterocycles. The van der Waals surface area contributed by atoms with Crippen LogP contribution in [-0.2, 0) is 9.53 Å². The van der Waals surface area contributed by atoms with Gasteiger partial charge in [0.2, 0.25) is 0 Å². The molecule has 0 aromatic heterocycles. The smallest absolute Gasteiger partial charge is 0.340 e. The fourth-order valence-electron chi connectivity index (χ4n) is 1.09. The molecule has 0 unspecified atom stereocenters. The molecule has 0 bridgehead atoms. The summed E-state index contributed by atoms with van der Waals surface area (Å²) in [5.41, 5.74) is 9.31. The van der Waals surface area contributed by atoms with Crippen LogP contribution < -0.4 is 0 Å². The van der Waals surface area contributed by atoms with Crippen LogP contribution in [0.15, 0.2) is 35.1 Å². The van der Waals surface area contributed by atoms with Gasteiger partial charge < -0.3 is 4.74 Å². The molecule has 1 rings (SSSR count). The van der Waals surface area contributed by atoms with Crippen molar-refractivity contribution in [2.24, 2.45) is 5.11 Å². The summed E-state index contributed by atoms with van der Waals surface area (Å²) < 4.78 is 4.46. The fourth-order valence-corrected chi connectivity index (χ4v) is 1.09. The van der Waals surface area contributed by atoms with Gasteiger partial charge in [-0.2, -0.15) is 5.26 Å². The summed E-state index contributed by atoms with van der Waals surface area (Å²) in [6, 6.07) is 8.43. The van der Waals surface area contributed by atoms with Gasteiger partial charge in [0.1, 0.15) is 5.70 Å². The largest absolute Gasteiger partial charge is 0.466 e. The highest BCUT2D eigenvalue weighted by Crippen LogP contribution is 2.11. The predicted octanol–water partition coefficient (Wildman–Crippen LogP) is 2.38. The zero-order valence-corrected chi connectivity index (χ0v) is 8.99. The van der Waals surface area contributed by atoms with Crippen LogP contribution in [0.4, 0.5) is 0 Å². The van der Waals surface area contributed by atoms with E-state index >= 15 is 0 Å². The number of esters is 1. The van der Waals surface area contributed by atoms with E-state index in [2.05, 4.69) is 14.8 Å². The molecule has 6 nitrogen and oxygen atoms in total. The molecule has 0 atom stereocenters. The third kappa shape index (κ3) is 3.38. The van der Waals surface area contributed by atoms with Crippen LogP contribution in [-0.4, -0.2) is 13.1 Å². The van der Waals surface area contributed by atoms with Crippen molar-refractivity contribution in [1.29, 1.82) is 5.26 Å². The van der Waals surface area contributed by atoms with Crippen molar-refractivity contribution in [3.63, 3.8) is 0 Å². The summed E-state index contributed by atoms with van der Waals surface area (Å²) in [6.45, 7) is 0. The standard InChI is InChI=1S/C11H8N4O2/c1-17-11(16)10(14-15-13)6-8-2-4-9(7-12)5-3-8/h2-6H,1H3/b10-6+. The van der Waals surface area contributed by atoms with E-state index in [0.717, 1.165) is 0 Å². The van der Waals surface area contributed by atoms with E-state index in [1.807, 2.05) is 6.07 Å². The molecule has 0 fully saturated rings. The maximum Gasteiger partial charge on any atom is 0.340 e. The molecule has 1 aromatic rings. The number of ether oxygens (including phenoxy) is 1. The van der Waals surface area contributed by atoms with E-state index in [4.69, 9.17) is 10.8 Å². The van der Waals surface area contributed by atoms with Crippen molar-refractivity contribution in [2.75, 3.05) is 7.11 Å². The lowest BCUT2D eigenvalue weighted by molar-refractivity contribution is -0.136. The summed E-state index contributed by atoms with van der Waals surface area (Å²) in [4.78, 5) is 13.8. The molecule has 0 saturated carbocycles. The minimum Gasteiger partial charge on any atom is -0.466 e. The quantitative estimate of drug-likeness (QED) is 0.261. The average molecular weight is 228 g/mol. The van der Waals surface area contributed by atoms with Crippen LogP contribution >= 0.6 is 0 Å². The molecular weight excluding hydrogens is 220 g/mol. The Balaban J connectivity index is 3.09. The molecule has 1 aromatic carbocycles. The van der Waals surface area contributed by atoms with Gasteiger partial charge in [0.15, 0.2) is 0 Å². The van der Waals surface area contributed by atoms with E-state index in [1.165, 1.54) is 13.2 Å². The van der Waals surface area contributed by atoms with E-state index < -0.39 is 5.97 Å². The van der Waals surface area contributed by atoms with Gasteiger partial charge in [-0.1, -0.05) is 17.2 Å². The van der Waals surface area contributed by atoms with Crippen molar-refractivity contribution in [3.8, 4) is 6.07 Å². The second-order valence-electron chi connectivity index (χ2n) is 2.94. The van der Waals surface area contributed by atoms with Gasteiger partial charge in [-0.05, 0) is 29.3 Å². The number of carbonyl (C=O) groups is 1. The van der Waals surface area contributed by atoms with Gasteiger partial charge in [0.05, 0.1) is 18.7 Å². The zero-order chi connectivity index (χ0) is 12.7. The van der Waals surface area contributed by atoms with Crippen LogP contribution in [0, 0.1) is 11.3 Å². The van der Waals surface area contributed by atoms with Crippen molar-refractivity contribution in [3.05, 3.63) is 51.5 Å². The number of rotatable bonds is 3. The Morgan fingerprint density at radius 2 is 2.18 bits per heavy atom. The summed E-state index contributed by atoms with van der Waals surface area (Å²) in [6.07, 6.45) is 1.38. The Bertz CT molecular complexity index is 534. The normalized spacial score (nSPS) is 10.0. The Hall–Kier alpha value is -2.77. The molecule has 0 N–H and O–H groups in total. The SMILES string of the molecule is COC(=O)/C(=C\c1ccc(C#N)cc1)N=[N+]=[N-]. The third-order valence-electron chi connectivity index (χ3n) is 1.89. The zero-order valence-electron chi connectivity index (χ0n) is 8.99. The second kappa shape index (κ2) is 5.95. The average Bonchev–Trinajstić information content (AvgIpc) is 2.38. The molecule has 0 heterocycles. The summed E-state index contributed by atoms with van der Waals surface area (Å²) in [5.74, 6) is -0.716. The van der Waals surface area contributed by atoms with Crippen LogP contribution in [0.3, 0.4) is 0 Å². The molecule has 17 heavy (non-hydrogen) atoms. The van der Waals surface area contributed by atoms with Crippen molar-refractivity contribution < 1.29 is 9.53 Å². The molecular formula is C11H8N4O2. The number of hydrogen-bond acceptors (Lipinski definition) is 4. The van der Waals surface area contributed by atoms with Gasteiger partial charge in [0.25, 0.3) is 0 Å². The fraction of sp³-hybridized carbons (Fsp3) is 0.0909. The number of hydrogen-bond donors (Lipinski definition) is 0. The Morgan fingerprint density at radius 3 is 2.65 bits per heavy atom. The topological polar surface area (TPSA) is 98.9 Å². The first kappa shape index (κ1) is 12.3. The third-order valence-corrected chi connectivity index (χ3v) is 1.89. The molecule has 0 radical (unpaired) electrons. The number of methoxy groups -OCH3 is 1. The second-order valence-corrected chi connectivity index (χ2v) is 2.94. The molecule has 6 heteroatoms. The first-order valence-electron chi connectivity index (χ1n) is 4.56. The molecule has 0 spiro atoms. The lowest BCUT2D eigenvalue weighted by Crippen LogP contribution is -2.01. The summed E-state index contributed by atoms with van der Waals surface area (Å²) in [5, 5.41) is 11.8. The molecule has 0 saturated heterocycles. The van der Waals surface area contributed by atoms with Crippen molar-refractivity contribution in [2.45, 2.75) is 0 Å². The Labute approximate surface area is 97.4 Å². The maximum atomic E-state index is 11.2. The van der Waals surface area contributed by atoms with Crippen LogP contribution in [0.2, 0.25) is 0 Å². The molecule has 0 amide bonds. The predicted molar refractivity (Wildman–Crippen MR) is 60.3 cm³/mol. The van der Waals surface area contributed by atoms with Crippen LogP contribution in [0.25, 0.3) is 16.5 Å². The van der Waals surface area contributed by atoms with Gasteiger partial charge >= 0.3 is 5.97 Å². The summed E-state index contributed by atoms with van der Waals surface area (Å²) in [7, 11) is 1.20.